The molecule has 1 atom stereocenters. The van der Waals surface area contributed by atoms with E-state index in [0.717, 1.165) is 45.3 Å². The molecule has 2 aromatic carbocycles. The number of alkyl halides is 3. The molecular formula is C18H12F3N3OS. The van der Waals surface area contributed by atoms with Gasteiger partial charge in [0.25, 0.3) is 5.91 Å². The quantitative estimate of drug-likeness (QED) is 0.461. The molecule has 8 heteroatoms. The second-order valence-corrected chi connectivity index (χ2v) is 6.88. The predicted molar refractivity (Wildman–Crippen MR) is 94.0 cm³/mol. The Kier molecular flexibility index (Phi) is 3.89. The fraction of sp³-hybridized carbons (Fsp3) is 0.111. The van der Waals surface area contributed by atoms with Gasteiger partial charge in [0, 0.05) is 10.5 Å². The van der Waals surface area contributed by atoms with Crippen LogP contribution in [0.15, 0.2) is 58.4 Å². The minimum Gasteiger partial charge on any atom is -0.267 e. The van der Waals surface area contributed by atoms with E-state index in [2.05, 4.69) is 4.99 Å². The Bertz CT molecular complexity index is 951. The number of amidine groups is 1. The fourth-order valence-electron chi connectivity index (χ4n) is 2.88. The molecule has 1 heterocycles. The molecule has 1 amide bonds. The third-order valence-electron chi connectivity index (χ3n) is 4.19. The number of amides is 1. The lowest BCUT2D eigenvalue weighted by Gasteiger charge is -2.16. The largest absolute Gasteiger partial charge is 0.416 e. The van der Waals surface area contributed by atoms with Crippen LogP contribution in [0.4, 0.5) is 13.2 Å². The second-order valence-electron chi connectivity index (χ2n) is 5.84. The molecule has 0 fully saturated rings. The molecule has 1 aliphatic carbocycles. The van der Waals surface area contributed by atoms with Gasteiger partial charge in [-0.25, -0.2) is 15.8 Å². The van der Waals surface area contributed by atoms with E-state index in [0.29, 0.717) is 5.17 Å². The molecule has 0 radical (unpaired) electrons. The van der Waals surface area contributed by atoms with E-state index in [1.54, 1.807) is 0 Å². The molecule has 132 valence electrons. The van der Waals surface area contributed by atoms with Gasteiger partial charge < -0.3 is 0 Å². The Morgan fingerprint density at radius 1 is 1.12 bits per heavy atom. The third kappa shape index (κ3) is 2.81. The van der Waals surface area contributed by atoms with Gasteiger partial charge in [-0.05, 0) is 41.5 Å². The van der Waals surface area contributed by atoms with E-state index in [1.807, 2.05) is 30.3 Å². The summed E-state index contributed by atoms with van der Waals surface area (Å²) in [5.74, 6) is 5.27. The number of carbonyl (C=O) groups is 1. The number of carbonyl (C=O) groups excluding carboxylic acids is 1. The van der Waals surface area contributed by atoms with Crippen molar-refractivity contribution < 1.29 is 18.0 Å². The van der Waals surface area contributed by atoms with Crippen LogP contribution in [0, 0.1) is 0 Å². The van der Waals surface area contributed by atoms with Gasteiger partial charge in [-0.3, -0.25) is 4.79 Å². The van der Waals surface area contributed by atoms with Gasteiger partial charge in [0.15, 0.2) is 5.17 Å². The maximum atomic E-state index is 12.6. The summed E-state index contributed by atoms with van der Waals surface area (Å²) in [6, 6.07) is 11.6. The lowest BCUT2D eigenvalue weighted by molar-refractivity contribution is -0.137. The van der Waals surface area contributed by atoms with Gasteiger partial charge in [-0.1, -0.05) is 36.0 Å². The van der Waals surface area contributed by atoms with Crippen LogP contribution in [-0.4, -0.2) is 16.1 Å². The number of nitrogens with two attached hydrogens (primary N) is 1. The normalized spacial score (nSPS) is 18.1. The van der Waals surface area contributed by atoms with E-state index in [4.69, 9.17) is 5.84 Å². The van der Waals surface area contributed by atoms with Crippen molar-refractivity contribution in [1.29, 1.82) is 0 Å². The molecule has 1 aliphatic heterocycles. The van der Waals surface area contributed by atoms with Crippen molar-refractivity contribution in [2.45, 2.75) is 12.2 Å². The Labute approximate surface area is 151 Å². The summed E-state index contributed by atoms with van der Waals surface area (Å²) in [4.78, 5) is 17.9. The number of hydrazine groups is 1. The Morgan fingerprint density at radius 3 is 2.50 bits per heavy atom. The fourth-order valence-corrected chi connectivity index (χ4v) is 3.90. The summed E-state index contributed by atoms with van der Waals surface area (Å²) in [5, 5.41) is 1.20. The van der Waals surface area contributed by atoms with E-state index >= 15 is 0 Å². The smallest absolute Gasteiger partial charge is 0.267 e. The van der Waals surface area contributed by atoms with Gasteiger partial charge in [-0.2, -0.15) is 13.2 Å². The van der Waals surface area contributed by atoms with E-state index in [1.165, 1.54) is 11.8 Å². The number of benzene rings is 2. The molecule has 0 spiro atoms. The molecule has 4 nitrogen and oxygen atoms in total. The van der Waals surface area contributed by atoms with E-state index < -0.39 is 17.6 Å². The Hall–Kier alpha value is -2.58. The molecule has 2 N–H and O–H groups in total. The zero-order valence-electron chi connectivity index (χ0n) is 13.2. The average Bonchev–Trinajstić information content (AvgIpc) is 3.17. The standard InChI is InChI=1S/C18H12F3N3OS/c19-18(20,21)12-7-5-10(6-8-12)16(25)24(22)17-23-15-13-4-2-1-3-11(13)9-14(15)26-17/h1-9,15H,22H2. The maximum Gasteiger partial charge on any atom is 0.416 e. The van der Waals surface area contributed by atoms with Crippen LogP contribution >= 0.6 is 11.8 Å². The monoisotopic (exact) mass is 375 g/mol. The van der Waals surface area contributed by atoms with Gasteiger partial charge in [0.1, 0.15) is 6.04 Å². The zero-order valence-corrected chi connectivity index (χ0v) is 14.0. The van der Waals surface area contributed by atoms with Crippen LogP contribution in [-0.2, 0) is 6.18 Å². The third-order valence-corrected chi connectivity index (χ3v) is 5.25. The van der Waals surface area contributed by atoms with E-state index in [9.17, 15) is 18.0 Å². The first-order valence-electron chi connectivity index (χ1n) is 7.67. The number of thioether (sulfide) groups is 1. The number of nitrogens with zero attached hydrogens (tertiary/aromatic N) is 2. The molecule has 4 rings (SSSR count). The van der Waals surface area contributed by atoms with Crippen molar-refractivity contribution >= 4 is 28.9 Å². The van der Waals surface area contributed by atoms with Crippen LogP contribution in [0.3, 0.4) is 0 Å². The number of hydrogen-bond acceptors (Lipinski definition) is 4. The Morgan fingerprint density at radius 2 is 1.81 bits per heavy atom. The predicted octanol–water partition coefficient (Wildman–Crippen LogP) is 4.22. The molecule has 2 aromatic rings. The molecule has 0 saturated carbocycles. The molecule has 2 aliphatic rings. The summed E-state index contributed by atoms with van der Waals surface area (Å²) in [6.45, 7) is 0. The molecule has 0 saturated heterocycles. The van der Waals surface area contributed by atoms with Crippen molar-refractivity contribution in [2.75, 3.05) is 0 Å². The highest BCUT2D eigenvalue weighted by Gasteiger charge is 2.35. The lowest BCUT2D eigenvalue weighted by atomic mass is 10.1. The van der Waals surface area contributed by atoms with Crippen LogP contribution in [0.1, 0.15) is 33.1 Å². The second kappa shape index (κ2) is 6.00. The zero-order chi connectivity index (χ0) is 18.5. The first kappa shape index (κ1) is 16.9. The number of rotatable bonds is 1. The highest BCUT2D eigenvalue weighted by Crippen LogP contribution is 2.48. The van der Waals surface area contributed by atoms with Crippen LogP contribution in [0.25, 0.3) is 6.08 Å². The van der Waals surface area contributed by atoms with Gasteiger partial charge >= 0.3 is 6.18 Å². The lowest BCUT2D eigenvalue weighted by Crippen LogP contribution is -2.40. The summed E-state index contributed by atoms with van der Waals surface area (Å²) >= 11 is 1.29. The van der Waals surface area contributed by atoms with E-state index in [-0.39, 0.29) is 11.6 Å². The van der Waals surface area contributed by atoms with Gasteiger partial charge in [-0.15, -0.1) is 0 Å². The van der Waals surface area contributed by atoms with Gasteiger partial charge in [0.05, 0.1) is 5.56 Å². The summed E-state index contributed by atoms with van der Waals surface area (Å²) in [5.41, 5.74) is 1.37. The number of aliphatic imine (C=N–C) groups is 1. The van der Waals surface area contributed by atoms with Crippen molar-refractivity contribution in [2.24, 2.45) is 10.8 Å². The number of halogens is 3. The first-order chi connectivity index (χ1) is 12.3. The summed E-state index contributed by atoms with van der Waals surface area (Å²) in [6.07, 6.45) is -2.45. The summed E-state index contributed by atoms with van der Waals surface area (Å²) < 4.78 is 37.9. The first-order valence-corrected chi connectivity index (χ1v) is 8.49. The van der Waals surface area contributed by atoms with Crippen LogP contribution in [0.5, 0.6) is 0 Å². The van der Waals surface area contributed by atoms with Crippen molar-refractivity contribution in [3.8, 4) is 0 Å². The van der Waals surface area contributed by atoms with Crippen molar-refractivity contribution in [1.82, 2.24) is 5.01 Å². The highest BCUT2D eigenvalue weighted by atomic mass is 32.2. The van der Waals surface area contributed by atoms with Crippen molar-refractivity contribution in [3.63, 3.8) is 0 Å². The Balaban J connectivity index is 1.55. The minimum absolute atomic E-state index is 0.0650. The molecule has 0 bridgehead atoms. The summed E-state index contributed by atoms with van der Waals surface area (Å²) in [7, 11) is 0. The van der Waals surface area contributed by atoms with Crippen molar-refractivity contribution in [3.05, 3.63) is 75.7 Å². The SMILES string of the molecule is NN(C(=O)c1ccc(C(F)(F)F)cc1)C1=NC2C(=Cc3ccccc32)S1. The molecule has 26 heavy (non-hydrogen) atoms. The number of hydrogen-bond donors (Lipinski definition) is 1. The maximum absolute atomic E-state index is 12.6. The average molecular weight is 375 g/mol. The topological polar surface area (TPSA) is 58.7 Å². The minimum atomic E-state index is -4.45. The number of fused-ring (bicyclic) bond motifs is 3. The van der Waals surface area contributed by atoms with Gasteiger partial charge in [0.2, 0.25) is 0 Å². The molecule has 1 unspecified atom stereocenters. The molecular weight excluding hydrogens is 363 g/mol. The molecule has 0 aromatic heterocycles. The van der Waals surface area contributed by atoms with Crippen LogP contribution in [0.2, 0.25) is 0 Å². The van der Waals surface area contributed by atoms with Crippen LogP contribution < -0.4 is 5.84 Å². The highest BCUT2D eigenvalue weighted by molar-refractivity contribution is 8.17.